The Hall–Kier alpha value is -2.66. The lowest BCUT2D eigenvalue weighted by Crippen LogP contribution is -2.37. The summed E-state index contributed by atoms with van der Waals surface area (Å²) >= 11 is 0. The topological polar surface area (TPSA) is 86.0 Å². The van der Waals surface area contributed by atoms with Crippen LogP contribution in [0.3, 0.4) is 0 Å². The fourth-order valence-electron chi connectivity index (χ4n) is 3.10. The van der Waals surface area contributed by atoms with Gasteiger partial charge in [-0.3, -0.25) is 4.79 Å². The average Bonchev–Trinajstić information content (AvgIpc) is 3.39. The fourth-order valence-corrected chi connectivity index (χ4v) is 3.10. The molecule has 1 aromatic heterocycles. The highest BCUT2D eigenvalue weighted by Gasteiger charge is 2.59. The third-order valence-corrected chi connectivity index (χ3v) is 4.79. The van der Waals surface area contributed by atoms with E-state index in [0.717, 1.165) is 5.39 Å². The summed E-state index contributed by atoms with van der Waals surface area (Å²) in [6, 6.07) is 8.63. The molecule has 0 saturated heterocycles. The van der Waals surface area contributed by atoms with Gasteiger partial charge in [0.2, 0.25) is 5.91 Å². The maximum atomic E-state index is 12.7. The maximum absolute atomic E-state index is 12.7. The van der Waals surface area contributed by atoms with E-state index in [1.165, 1.54) is 6.20 Å². The minimum Gasteiger partial charge on any atom is -0.383 e. The molecule has 26 heavy (non-hydrogen) atoms. The van der Waals surface area contributed by atoms with Gasteiger partial charge in [0.15, 0.2) is 6.10 Å². The first-order valence-corrected chi connectivity index (χ1v) is 8.09. The number of carbonyl (C=O) groups is 1. The molecular weight excluding hydrogens is 347 g/mol. The number of alkyl halides is 3. The molecule has 0 aliphatic heterocycles. The van der Waals surface area contributed by atoms with Gasteiger partial charge >= 0.3 is 6.18 Å². The van der Waals surface area contributed by atoms with Gasteiger partial charge in [-0.2, -0.15) is 18.4 Å². The number of aliphatic hydroxyl groups excluding tert-OH is 1. The Morgan fingerprint density at radius 2 is 2.12 bits per heavy atom. The lowest BCUT2D eigenvalue weighted by Gasteiger charge is -2.24. The molecule has 8 heteroatoms. The van der Waals surface area contributed by atoms with Crippen LogP contribution in [-0.2, 0) is 4.79 Å². The van der Waals surface area contributed by atoms with Crippen molar-refractivity contribution >= 4 is 22.4 Å². The van der Waals surface area contributed by atoms with E-state index in [4.69, 9.17) is 5.26 Å². The number of nitriles is 1. The Balaban J connectivity index is 1.64. The number of hydrogen-bond donors (Lipinski definition) is 2. The van der Waals surface area contributed by atoms with Gasteiger partial charge in [-0.1, -0.05) is 0 Å². The number of hydrogen-bond acceptors (Lipinski definition) is 4. The Labute approximate surface area is 147 Å². The minimum atomic E-state index is -4.67. The third-order valence-electron chi connectivity index (χ3n) is 4.79. The number of aliphatic hydroxyl groups is 1. The number of aromatic nitrogens is 1. The van der Waals surface area contributed by atoms with Crippen LogP contribution < -0.4 is 5.32 Å². The van der Waals surface area contributed by atoms with Crippen molar-refractivity contribution in [2.45, 2.75) is 38.0 Å². The second-order valence-corrected chi connectivity index (χ2v) is 6.56. The predicted molar refractivity (Wildman–Crippen MR) is 88.1 cm³/mol. The molecule has 1 aromatic carbocycles. The van der Waals surface area contributed by atoms with Gasteiger partial charge in [-0.15, -0.1) is 0 Å². The monoisotopic (exact) mass is 363 g/mol. The summed E-state index contributed by atoms with van der Waals surface area (Å²) < 4.78 is 38.1. The summed E-state index contributed by atoms with van der Waals surface area (Å²) in [4.78, 5) is 16.0. The standard InChI is InChI=1S/C18H16F3N3O2/c19-18(20,21)16(26)17(6-7-17)5-3-15(25)24-12-1-2-13-11(9-12)4-8-23-14(13)10-22/h1-2,4,8-9,16,26H,3,5-7H2,(H,24,25)/t16-/m1/s1. The molecule has 1 amide bonds. The van der Waals surface area contributed by atoms with Gasteiger partial charge in [0.1, 0.15) is 11.8 Å². The molecule has 2 aromatic rings. The number of halogens is 3. The Morgan fingerprint density at radius 3 is 2.73 bits per heavy atom. The van der Waals surface area contributed by atoms with Crippen LogP contribution in [0.5, 0.6) is 0 Å². The van der Waals surface area contributed by atoms with Crippen LogP contribution >= 0.6 is 0 Å². The lowest BCUT2D eigenvalue weighted by molar-refractivity contribution is -0.225. The van der Waals surface area contributed by atoms with Crippen LogP contribution in [0.4, 0.5) is 18.9 Å². The number of anilines is 1. The van der Waals surface area contributed by atoms with E-state index >= 15 is 0 Å². The van der Waals surface area contributed by atoms with E-state index in [2.05, 4.69) is 10.3 Å². The molecular formula is C18H16F3N3O2. The van der Waals surface area contributed by atoms with Crippen LogP contribution in [0.25, 0.3) is 10.8 Å². The zero-order chi connectivity index (χ0) is 18.9. The second-order valence-electron chi connectivity index (χ2n) is 6.56. The zero-order valence-corrected chi connectivity index (χ0v) is 13.7. The number of benzene rings is 1. The second kappa shape index (κ2) is 6.57. The molecule has 5 nitrogen and oxygen atoms in total. The van der Waals surface area contributed by atoms with Crippen molar-refractivity contribution in [3.05, 3.63) is 36.2 Å². The molecule has 0 bridgehead atoms. The quantitative estimate of drug-likeness (QED) is 0.851. The largest absolute Gasteiger partial charge is 0.414 e. The molecule has 2 N–H and O–H groups in total. The summed E-state index contributed by atoms with van der Waals surface area (Å²) in [5.41, 5.74) is -0.470. The van der Waals surface area contributed by atoms with Crippen molar-refractivity contribution in [2.24, 2.45) is 5.41 Å². The lowest BCUT2D eigenvalue weighted by atomic mass is 9.92. The number of amides is 1. The molecule has 1 heterocycles. The van der Waals surface area contributed by atoms with E-state index in [0.29, 0.717) is 11.1 Å². The van der Waals surface area contributed by atoms with Gasteiger partial charge in [0.25, 0.3) is 0 Å². The van der Waals surface area contributed by atoms with Gasteiger partial charge < -0.3 is 10.4 Å². The average molecular weight is 363 g/mol. The molecule has 136 valence electrons. The smallest absolute Gasteiger partial charge is 0.383 e. The fraction of sp³-hybridized carbons (Fsp3) is 0.389. The van der Waals surface area contributed by atoms with Crippen molar-refractivity contribution in [1.29, 1.82) is 5.26 Å². The summed E-state index contributed by atoms with van der Waals surface area (Å²) in [5.74, 6) is -0.417. The van der Waals surface area contributed by atoms with Crippen LogP contribution in [-0.4, -0.2) is 28.3 Å². The predicted octanol–water partition coefficient (Wildman–Crippen LogP) is 3.53. The zero-order valence-electron chi connectivity index (χ0n) is 13.7. The van der Waals surface area contributed by atoms with Crippen LogP contribution in [0, 0.1) is 16.7 Å². The molecule has 1 fully saturated rings. The summed E-state index contributed by atoms with van der Waals surface area (Å²) in [6.07, 6.45) is -5.16. The number of fused-ring (bicyclic) bond motifs is 1. The molecule has 0 radical (unpaired) electrons. The third kappa shape index (κ3) is 3.63. The molecule has 0 unspecified atom stereocenters. The van der Waals surface area contributed by atoms with E-state index in [1.807, 2.05) is 6.07 Å². The van der Waals surface area contributed by atoms with Crippen molar-refractivity contribution in [1.82, 2.24) is 4.98 Å². The Bertz CT molecular complexity index is 885. The first-order chi connectivity index (χ1) is 12.2. The van der Waals surface area contributed by atoms with Crippen molar-refractivity contribution in [3.63, 3.8) is 0 Å². The molecule has 1 aliphatic rings. The van der Waals surface area contributed by atoms with E-state index in [-0.39, 0.29) is 31.4 Å². The number of carbonyl (C=O) groups excluding carboxylic acids is 1. The first kappa shape index (κ1) is 18.1. The highest BCUT2D eigenvalue weighted by molar-refractivity contribution is 5.95. The van der Waals surface area contributed by atoms with Crippen molar-refractivity contribution in [2.75, 3.05) is 5.32 Å². The van der Waals surface area contributed by atoms with Crippen LogP contribution in [0.1, 0.15) is 31.4 Å². The molecule has 3 rings (SSSR count). The molecule has 0 spiro atoms. The Morgan fingerprint density at radius 1 is 1.38 bits per heavy atom. The van der Waals surface area contributed by atoms with E-state index in [1.54, 1.807) is 24.3 Å². The normalized spacial score (nSPS) is 16.7. The molecule has 1 saturated carbocycles. The van der Waals surface area contributed by atoms with Crippen LogP contribution in [0.2, 0.25) is 0 Å². The maximum Gasteiger partial charge on any atom is 0.414 e. The molecule has 1 aliphatic carbocycles. The van der Waals surface area contributed by atoms with Gasteiger partial charge in [0.05, 0.1) is 0 Å². The number of pyridine rings is 1. The Kier molecular flexibility index (Phi) is 4.59. The number of rotatable bonds is 5. The van der Waals surface area contributed by atoms with E-state index in [9.17, 15) is 23.1 Å². The SMILES string of the molecule is N#Cc1nccc2cc(NC(=O)CCC3([C@@H](O)C(F)(F)F)CC3)ccc12. The number of nitrogens with zero attached hydrogens (tertiary/aromatic N) is 2. The van der Waals surface area contributed by atoms with Gasteiger partial charge in [0, 0.05) is 29.1 Å². The molecule has 1 atom stereocenters. The van der Waals surface area contributed by atoms with E-state index < -0.39 is 23.6 Å². The van der Waals surface area contributed by atoms with Gasteiger partial charge in [-0.25, -0.2) is 4.98 Å². The van der Waals surface area contributed by atoms with Crippen LogP contribution in [0.15, 0.2) is 30.5 Å². The summed E-state index contributed by atoms with van der Waals surface area (Å²) in [6.45, 7) is 0. The van der Waals surface area contributed by atoms with Crippen molar-refractivity contribution in [3.8, 4) is 6.07 Å². The highest BCUT2D eigenvalue weighted by atomic mass is 19.4. The highest BCUT2D eigenvalue weighted by Crippen LogP contribution is 2.56. The minimum absolute atomic E-state index is 0.0183. The van der Waals surface area contributed by atoms with Crippen molar-refractivity contribution < 1.29 is 23.1 Å². The first-order valence-electron chi connectivity index (χ1n) is 8.09. The van der Waals surface area contributed by atoms with Gasteiger partial charge in [-0.05, 0) is 48.9 Å². The number of nitrogens with one attached hydrogen (secondary N) is 1. The summed E-state index contributed by atoms with van der Waals surface area (Å²) in [5, 5.41) is 22.5. The summed E-state index contributed by atoms with van der Waals surface area (Å²) in [7, 11) is 0.